The van der Waals surface area contributed by atoms with Crippen molar-refractivity contribution in [3.63, 3.8) is 0 Å². The summed E-state index contributed by atoms with van der Waals surface area (Å²) in [7, 11) is 1.99. The highest BCUT2D eigenvalue weighted by Crippen LogP contribution is 2.35. The summed E-state index contributed by atoms with van der Waals surface area (Å²) in [5.74, 6) is 2.73. The summed E-state index contributed by atoms with van der Waals surface area (Å²) in [6.07, 6.45) is 5.73. The second-order valence-corrected chi connectivity index (χ2v) is 6.86. The first-order chi connectivity index (χ1) is 9.63. The highest BCUT2D eigenvalue weighted by molar-refractivity contribution is 4.96. The van der Waals surface area contributed by atoms with Gasteiger partial charge in [-0.15, -0.1) is 0 Å². The van der Waals surface area contributed by atoms with Gasteiger partial charge in [0.1, 0.15) is 12.2 Å². The van der Waals surface area contributed by atoms with Crippen LogP contribution < -0.4 is 5.32 Å². The molecule has 1 aromatic heterocycles. The van der Waals surface area contributed by atoms with Crippen LogP contribution >= 0.6 is 0 Å². The van der Waals surface area contributed by atoms with E-state index in [1.54, 1.807) is 6.33 Å². The summed E-state index contributed by atoms with van der Waals surface area (Å²) in [6.45, 7) is 7.84. The molecule has 0 bridgehead atoms. The van der Waals surface area contributed by atoms with Crippen LogP contribution in [0.2, 0.25) is 0 Å². The van der Waals surface area contributed by atoms with Crippen LogP contribution in [-0.4, -0.2) is 44.8 Å². The Morgan fingerprint density at radius 3 is 2.80 bits per heavy atom. The van der Waals surface area contributed by atoms with Crippen molar-refractivity contribution in [2.45, 2.75) is 51.7 Å². The van der Waals surface area contributed by atoms with E-state index < -0.39 is 0 Å². The number of nitrogens with one attached hydrogen (secondary N) is 1. The number of piperazine rings is 1. The van der Waals surface area contributed by atoms with Crippen LogP contribution in [-0.2, 0) is 13.6 Å². The fraction of sp³-hybridized carbons (Fsp3) is 0.867. The third-order valence-electron chi connectivity index (χ3n) is 4.65. The minimum absolute atomic E-state index is 0.627. The first-order valence-corrected chi connectivity index (χ1v) is 7.93. The molecule has 0 radical (unpaired) electrons. The maximum Gasteiger partial charge on any atom is 0.140 e. The van der Waals surface area contributed by atoms with Crippen LogP contribution in [0.25, 0.3) is 0 Å². The topological polar surface area (TPSA) is 46.0 Å². The van der Waals surface area contributed by atoms with E-state index in [9.17, 15) is 0 Å². The van der Waals surface area contributed by atoms with Crippen molar-refractivity contribution < 1.29 is 0 Å². The summed E-state index contributed by atoms with van der Waals surface area (Å²) in [5.41, 5.74) is 0. The number of hydrogen-bond donors (Lipinski definition) is 1. The molecule has 2 unspecified atom stereocenters. The van der Waals surface area contributed by atoms with Crippen molar-refractivity contribution in [3.8, 4) is 0 Å². The molecule has 2 heterocycles. The molecule has 1 N–H and O–H groups in total. The van der Waals surface area contributed by atoms with E-state index >= 15 is 0 Å². The third kappa shape index (κ3) is 3.20. The Kier molecular flexibility index (Phi) is 4.08. The quantitative estimate of drug-likeness (QED) is 0.884. The molecule has 5 nitrogen and oxygen atoms in total. The van der Waals surface area contributed by atoms with Crippen molar-refractivity contribution >= 4 is 0 Å². The molecule has 5 heteroatoms. The molecule has 20 heavy (non-hydrogen) atoms. The Balaban J connectivity index is 1.68. The Labute approximate surface area is 121 Å². The zero-order valence-electron chi connectivity index (χ0n) is 12.9. The fourth-order valence-electron chi connectivity index (χ4n) is 3.31. The van der Waals surface area contributed by atoms with E-state index in [0.29, 0.717) is 12.1 Å². The van der Waals surface area contributed by atoms with Crippen molar-refractivity contribution in [3.05, 3.63) is 12.2 Å². The van der Waals surface area contributed by atoms with Gasteiger partial charge in [-0.1, -0.05) is 13.8 Å². The summed E-state index contributed by atoms with van der Waals surface area (Å²) in [5, 5.41) is 7.97. The number of aryl methyl sites for hydroxylation is 1. The molecule has 1 saturated heterocycles. The van der Waals surface area contributed by atoms with Crippen molar-refractivity contribution in [2.75, 3.05) is 13.1 Å². The molecule has 3 rings (SSSR count). The van der Waals surface area contributed by atoms with E-state index in [0.717, 1.165) is 37.3 Å². The normalized spacial score (nSPS) is 28.2. The van der Waals surface area contributed by atoms with Gasteiger partial charge in [-0.05, 0) is 31.1 Å². The van der Waals surface area contributed by atoms with E-state index in [4.69, 9.17) is 0 Å². The average Bonchev–Trinajstić information content (AvgIpc) is 3.17. The summed E-state index contributed by atoms with van der Waals surface area (Å²) in [6, 6.07) is 1.31. The minimum atomic E-state index is 0.627. The maximum absolute atomic E-state index is 4.40. The van der Waals surface area contributed by atoms with Gasteiger partial charge in [-0.3, -0.25) is 9.58 Å². The predicted octanol–water partition coefficient (Wildman–Crippen LogP) is 1.41. The van der Waals surface area contributed by atoms with Crippen LogP contribution in [0.15, 0.2) is 6.33 Å². The average molecular weight is 277 g/mol. The lowest BCUT2D eigenvalue weighted by Crippen LogP contribution is -2.57. The fourth-order valence-corrected chi connectivity index (χ4v) is 3.31. The van der Waals surface area contributed by atoms with Crippen LogP contribution in [0.3, 0.4) is 0 Å². The predicted molar refractivity (Wildman–Crippen MR) is 79.2 cm³/mol. The molecular weight excluding hydrogens is 250 g/mol. The molecule has 0 aromatic carbocycles. The lowest BCUT2D eigenvalue weighted by molar-refractivity contribution is 0.0961. The van der Waals surface area contributed by atoms with E-state index in [1.807, 2.05) is 11.7 Å². The number of aromatic nitrogens is 3. The monoisotopic (exact) mass is 277 g/mol. The number of hydrogen-bond acceptors (Lipinski definition) is 4. The molecule has 1 aromatic rings. The summed E-state index contributed by atoms with van der Waals surface area (Å²) in [4.78, 5) is 7.03. The van der Waals surface area contributed by atoms with Crippen LogP contribution in [0.4, 0.5) is 0 Å². The maximum atomic E-state index is 4.40. The Morgan fingerprint density at radius 1 is 1.40 bits per heavy atom. The van der Waals surface area contributed by atoms with Crippen LogP contribution in [0, 0.1) is 11.8 Å². The highest BCUT2D eigenvalue weighted by Gasteiger charge is 2.37. The van der Waals surface area contributed by atoms with E-state index in [1.165, 1.54) is 19.3 Å². The standard InChI is InChI=1S/C15H27N5/c1-11(2)6-13-7-16-14(12-4-5-12)8-20(13)9-15-17-10-18-19(15)3/h10-14,16H,4-9H2,1-3H3. The Morgan fingerprint density at radius 2 is 2.20 bits per heavy atom. The summed E-state index contributed by atoms with van der Waals surface area (Å²) >= 11 is 0. The molecular formula is C15H27N5. The van der Waals surface area contributed by atoms with E-state index in [-0.39, 0.29) is 0 Å². The molecule has 1 aliphatic carbocycles. The van der Waals surface area contributed by atoms with Gasteiger partial charge >= 0.3 is 0 Å². The van der Waals surface area contributed by atoms with Crippen LogP contribution in [0.1, 0.15) is 38.9 Å². The van der Waals surface area contributed by atoms with Crippen molar-refractivity contribution in [1.29, 1.82) is 0 Å². The van der Waals surface area contributed by atoms with Gasteiger partial charge < -0.3 is 5.32 Å². The van der Waals surface area contributed by atoms with Crippen LogP contribution in [0.5, 0.6) is 0 Å². The van der Waals surface area contributed by atoms with Crippen molar-refractivity contribution in [2.24, 2.45) is 18.9 Å². The van der Waals surface area contributed by atoms with Gasteiger partial charge in [0.15, 0.2) is 0 Å². The zero-order chi connectivity index (χ0) is 14.1. The first-order valence-electron chi connectivity index (χ1n) is 7.93. The molecule has 2 atom stereocenters. The smallest absolute Gasteiger partial charge is 0.140 e. The van der Waals surface area contributed by atoms with Gasteiger partial charge in [0, 0.05) is 32.2 Å². The molecule has 112 valence electrons. The van der Waals surface area contributed by atoms with Gasteiger partial charge in [0.2, 0.25) is 0 Å². The number of rotatable bonds is 5. The Hall–Kier alpha value is -0.940. The molecule has 0 amide bonds. The molecule has 1 saturated carbocycles. The highest BCUT2D eigenvalue weighted by atomic mass is 15.3. The largest absolute Gasteiger partial charge is 0.311 e. The molecule has 1 aliphatic heterocycles. The molecule has 0 spiro atoms. The van der Waals surface area contributed by atoms with Gasteiger partial charge in [-0.25, -0.2) is 4.98 Å². The van der Waals surface area contributed by atoms with Crippen molar-refractivity contribution in [1.82, 2.24) is 25.0 Å². The minimum Gasteiger partial charge on any atom is -0.311 e. The van der Waals surface area contributed by atoms with Gasteiger partial charge in [0.05, 0.1) is 6.54 Å². The zero-order valence-corrected chi connectivity index (χ0v) is 12.9. The van der Waals surface area contributed by atoms with Gasteiger partial charge in [0.25, 0.3) is 0 Å². The Bertz CT molecular complexity index is 437. The second kappa shape index (κ2) is 5.82. The second-order valence-electron chi connectivity index (χ2n) is 6.86. The van der Waals surface area contributed by atoms with E-state index in [2.05, 4.69) is 34.1 Å². The summed E-state index contributed by atoms with van der Waals surface area (Å²) < 4.78 is 1.90. The molecule has 2 fully saturated rings. The van der Waals surface area contributed by atoms with Gasteiger partial charge in [-0.2, -0.15) is 5.10 Å². The first kappa shape index (κ1) is 14.0. The SMILES string of the molecule is CC(C)CC1CNC(C2CC2)CN1Cc1ncnn1C. The lowest BCUT2D eigenvalue weighted by atomic mass is 9.97. The third-order valence-corrected chi connectivity index (χ3v) is 4.65. The lowest BCUT2D eigenvalue weighted by Gasteiger charge is -2.41. The molecule has 2 aliphatic rings. The number of nitrogens with zero attached hydrogens (tertiary/aromatic N) is 4.